The maximum atomic E-state index is 12.7. The quantitative estimate of drug-likeness (QED) is 0.786. The molecule has 2 rings (SSSR count). The van der Waals surface area contributed by atoms with E-state index in [1.54, 1.807) is 6.92 Å². The fraction of sp³-hybridized carbons (Fsp3) is 0.176. The van der Waals surface area contributed by atoms with Gasteiger partial charge >= 0.3 is 6.18 Å². The number of halogens is 3. The molecule has 2 amide bonds. The monoisotopic (exact) mass is 368 g/mol. The zero-order valence-corrected chi connectivity index (χ0v) is 13.9. The van der Waals surface area contributed by atoms with Crippen molar-refractivity contribution in [3.8, 4) is 0 Å². The van der Waals surface area contributed by atoms with E-state index in [1.165, 1.54) is 36.4 Å². The van der Waals surface area contributed by atoms with E-state index < -0.39 is 22.9 Å². The first-order valence-electron chi connectivity index (χ1n) is 7.21. The number of nitrogens with one attached hydrogen (secondary N) is 1. The number of amides is 2. The number of primary amides is 1. The summed E-state index contributed by atoms with van der Waals surface area (Å²) in [5, 5.41) is 2.03. The number of hydrogen-bond acceptors (Lipinski definition) is 3. The van der Waals surface area contributed by atoms with Crippen LogP contribution in [-0.4, -0.2) is 17.1 Å². The summed E-state index contributed by atoms with van der Waals surface area (Å²) in [7, 11) is 0. The molecule has 0 aliphatic heterocycles. The number of anilines is 1. The minimum absolute atomic E-state index is 0.310. The molecule has 0 radical (unpaired) electrons. The van der Waals surface area contributed by atoms with Gasteiger partial charge < -0.3 is 11.1 Å². The lowest BCUT2D eigenvalue weighted by Crippen LogP contribution is -2.22. The first-order chi connectivity index (χ1) is 11.7. The zero-order valence-electron chi connectivity index (χ0n) is 13.1. The van der Waals surface area contributed by atoms with Gasteiger partial charge in [0.25, 0.3) is 0 Å². The van der Waals surface area contributed by atoms with E-state index in [4.69, 9.17) is 5.73 Å². The number of thioether (sulfide) groups is 1. The largest absolute Gasteiger partial charge is 0.416 e. The highest BCUT2D eigenvalue weighted by Crippen LogP contribution is 2.33. The van der Waals surface area contributed by atoms with Crippen LogP contribution in [-0.2, 0) is 11.0 Å². The van der Waals surface area contributed by atoms with Crippen LogP contribution in [0.15, 0.2) is 53.4 Å². The molecule has 0 unspecified atom stereocenters. The molecule has 0 aliphatic rings. The molecule has 0 aromatic heterocycles. The van der Waals surface area contributed by atoms with Crippen LogP contribution in [0.5, 0.6) is 0 Å². The van der Waals surface area contributed by atoms with Gasteiger partial charge in [0.1, 0.15) is 0 Å². The topological polar surface area (TPSA) is 72.2 Å². The Kier molecular flexibility index (Phi) is 5.73. The van der Waals surface area contributed by atoms with Crippen LogP contribution < -0.4 is 11.1 Å². The minimum Gasteiger partial charge on any atom is -0.366 e. The molecule has 0 saturated heterocycles. The Labute approximate surface area is 146 Å². The van der Waals surface area contributed by atoms with Crippen LogP contribution in [0.25, 0.3) is 0 Å². The second-order valence-electron chi connectivity index (χ2n) is 5.22. The van der Waals surface area contributed by atoms with E-state index in [-0.39, 0.29) is 5.91 Å². The SMILES string of the molecule is C[C@H](Sc1cccc(C(F)(F)F)c1)C(=O)Nc1ccc(C(N)=O)cc1. The number of hydrogen-bond donors (Lipinski definition) is 2. The van der Waals surface area contributed by atoms with E-state index in [0.717, 1.165) is 23.9 Å². The Morgan fingerprint density at radius 1 is 1.12 bits per heavy atom. The van der Waals surface area contributed by atoms with E-state index in [1.807, 2.05) is 0 Å². The van der Waals surface area contributed by atoms with E-state index in [9.17, 15) is 22.8 Å². The summed E-state index contributed by atoms with van der Waals surface area (Å²) >= 11 is 1.02. The molecule has 1 atom stereocenters. The third-order valence-electron chi connectivity index (χ3n) is 3.28. The molecule has 0 saturated carbocycles. The number of carbonyl (C=O) groups excluding carboxylic acids is 2. The predicted octanol–water partition coefficient (Wildman–Crippen LogP) is 3.92. The highest BCUT2D eigenvalue weighted by atomic mass is 32.2. The number of nitrogens with two attached hydrogens (primary N) is 1. The fourth-order valence-electron chi connectivity index (χ4n) is 1.97. The number of benzene rings is 2. The fourth-order valence-corrected chi connectivity index (χ4v) is 2.89. The molecule has 132 valence electrons. The van der Waals surface area contributed by atoms with Gasteiger partial charge in [-0.3, -0.25) is 9.59 Å². The van der Waals surface area contributed by atoms with Gasteiger partial charge in [-0.25, -0.2) is 0 Å². The van der Waals surface area contributed by atoms with Gasteiger partial charge in [-0.1, -0.05) is 6.07 Å². The van der Waals surface area contributed by atoms with Crippen molar-refractivity contribution in [2.24, 2.45) is 5.73 Å². The van der Waals surface area contributed by atoms with E-state index >= 15 is 0 Å². The van der Waals surface area contributed by atoms with Crippen molar-refractivity contribution >= 4 is 29.3 Å². The molecule has 0 heterocycles. The van der Waals surface area contributed by atoms with Crippen molar-refractivity contribution in [2.75, 3.05) is 5.32 Å². The molecular formula is C17H15F3N2O2S. The number of rotatable bonds is 5. The van der Waals surface area contributed by atoms with Gasteiger partial charge in [0.2, 0.25) is 11.8 Å². The molecule has 2 aromatic rings. The maximum Gasteiger partial charge on any atom is 0.416 e. The van der Waals surface area contributed by atoms with Crippen LogP contribution in [0.1, 0.15) is 22.8 Å². The lowest BCUT2D eigenvalue weighted by molar-refractivity contribution is -0.137. The molecular weight excluding hydrogens is 353 g/mol. The highest BCUT2D eigenvalue weighted by molar-refractivity contribution is 8.00. The molecule has 0 aliphatic carbocycles. The maximum absolute atomic E-state index is 12.7. The molecule has 25 heavy (non-hydrogen) atoms. The highest BCUT2D eigenvalue weighted by Gasteiger charge is 2.30. The van der Waals surface area contributed by atoms with Crippen LogP contribution >= 0.6 is 11.8 Å². The van der Waals surface area contributed by atoms with Gasteiger partial charge in [0.05, 0.1) is 10.8 Å². The van der Waals surface area contributed by atoms with Crippen molar-refractivity contribution in [3.63, 3.8) is 0 Å². The zero-order chi connectivity index (χ0) is 18.6. The standard InChI is InChI=1S/C17H15F3N2O2S/c1-10(25-14-4-2-3-12(9-14)17(18,19)20)16(24)22-13-7-5-11(6-8-13)15(21)23/h2-10H,1H3,(H2,21,23)(H,22,24)/t10-/m0/s1. The third-order valence-corrected chi connectivity index (χ3v) is 4.37. The van der Waals surface area contributed by atoms with E-state index in [2.05, 4.69) is 5.32 Å². The smallest absolute Gasteiger partial charge is 0.366 e. The van der Waals surface area contributed by atoms with Crippen LogP contribution in [0.2, 0.25) is 0 Å². The van der Waals surface area contributed by atoms with E-state index in [0.29, 0.717) is 16.1 Å². The molecule has 0 spiro atoms. The Morgan fingerprint density at radius 2 is 1.76 bits per heavy atom. The van der Waals surface area contributed by atoms with Crippen LogP contribution in [0.3, 0.4) is 0 Å². The van der Waals surface area contributed by atoms with Crippen molar-refractivity contribution in [1.29, 1.82) is 0 Å². The van der Waals surface area contributed by atoms with Gasteiger partial charge in [-0.15, -0.1) is 11.8 Å². The Morgan fingerprint density at radius 3 is 2.32 bits per heavy atom. The van der Waals surface area contributed by atoms with Crippen molar-refractivity contribution in [1.82, 2.24) is 0 Å². The predicted molar refractivity (Wildman–Crippen MR) is 90.4 cm³/mol. The van der Waals surface area contributed by atoms with Crippen LogP contribution in [0, 0.1) is 0 Å². The Balaban J connectivity index is 2.02. The summed E-state index contributed by atoms with van der Waals surface area (Å²) in [5.74, 6) is -0.944. The van der Waals surface area contributed by atoms with Gasteiger partial charge in [-0.2, -0.15) is 13.2 Å². The van der Waals surface area contributed by atoms with Gasteiger partial charge in [-0.05, 0) is 49.4 Å². The summed E-state index contributed by atoms with van der Waals surface area (Å²) in [4.78, 5) is 23.5. The lowest BCUT2D eigenvalue weighted by Gasteiger charge is -2.13. The summed E-state index contributed by atoms with van der Waals surface area (Å²) < 4.78 is 38.2. The Bertz CT molecular complexity index is 776. The first kappa shape index (κ1) is 18.9. The summed E-state index contributed by atoms with van der Waals surface area (Å²) in [5.41, 5.74) is 5.15. The van der Waals surface area contributed by atoms with Crippen molar-refractivity contribution in [2.45, 2.75) is 23.2 Å². The average Bonchev–Trinajstić information content (AvgIpc) is 2.54. The molecule has 8 heteroatoms. The van der Waals surface area contributed by atoms with Gasteiger partial charge in [0, 0.05) is 16.1 Å². The summed E-state index contributed by atoms with van der Waals surface area (Å²) in [6, 6.07) is 10.8. The molecule has 2 aromatic carbocycles. The molecule has 3 N–H and O–H groups in total. The first-order valence-corrected chi connectivity index (χ1v) is 8.09. The van der Waals surface area contributed by atoms with Crippen molar-refractivity contribution < 1.29 is 22.8 Å². The second kappa shape index (κ2) is 7.60. The van der Waals surface area contributed by atoms with Crippen molar-refractivity contribution in [3.05, 3.63) is 59.7 Å². The third kappa shape index (κ3) is 5.25. The molecule has 0 bridgehead atoms. The molecule has 4 nitrogen and oxygen atoms in total. The summed E-state index contributed by atoms with van der Waals surface area (Å²) in [6.07, 6.45) is -4.43. The minimum atomic E-state index is -4.43. The molecule has 0 fully saturated rings. The normalized spacial score (nSPS) is 12.5. The average molecular weight is 368 g/mol. The summed E-state index contributed by atoms with van der Waals surface area (Å²) in [6.45, 7) is 1.60. The number of alkyl halides is 3. The van der Waals surface area contributed by atoms with Crippen LogP contribution in [0.4, 0.5) is 18.9 Å². The van der Waals surface area contributed by atoms with Gasteiger partial charge in [0.15, 0.2) is 0 Å². The number of carbonyl (C=O) groups is 2. The second-order valence-corrected chi connectivity index (χ2v) is 6.63. The lowest BCUT2D eigenvalue weighted by atomic mass is 10.2. The Hall–Kier alpha value is -2.48.